The van der Waals surface area contributed by atoms with E-state index in [-0.39, 0.29) is 29.0 Å². The van der Waals surface area contributed by atoms with Crippen LogP contribution in [0.3, 0.4) is 0 Å². The van der Waals surface area contributed by atoms with Crippen LogP contribution in [0.4, 0.5) is 48.3 Å². The van der Waals surface area contributed by atoms with Gasteiger partial charge in [0.15, 0.2) is 0 Å². The Balaban J connectivity index is 2.27. The summed E-state index contributed by atoms with van der Waals surface area (Å²) in [5.41, 5.74) is -0.456. The van der Waals surface area contributed by atoms with E-state index in [9.17, 15) is 63.0 Å². The molecule has 1 atom stereocenters. The number of hydrogen-bond donors (Lipinski definition) is 0. The van der Waals surface area contributed by atoms with Crippen LogP contribution in [0.25, 0.3) is 11.1 Å². The molecule has 17 heteroatoms. The molecule has 0 saturated carbocycles. The van der Waals surface area contributed by atoms with E-state index in [2.05, 4.69) is 16.4 Å². The number of esters is 1. The smallest absolute Gasteiger partial charge is 0.462 e. The van der Waals surface area contributed by atoms with Crippen LogP contribution < -0.4 is 14.6 Å². The number of alkyl halides is 11. The van der Waals surface area contributed by atoms with E-state index in [4.69, 9.17) is 4.74 Å². The van der Waals surface area contributed by atoms with Crippen LogP contribution in [0.5, 0.6) is 11.5 Å². The Morgan fingerprint density at radius 3 is 1.80 bits per heavy atom. The fourth-order valence-corrected chi connectivity index (χ4v) is 3.60. The predicted molar refractivity (Wildman–Crippen MR) is 128 cm³/mol. The van der Waals surface area contributed by atoms with Gasteiger partial charge in [0.05, 0.1) is 12.6 Å². The minimum absolute atomic E-state index is 0.0102. The zero-order valence-corrected chi connectivity index (χ0v) is 22.6. The maximum absolute atomic E-state index is 14.4. The van der Waals surface area contributed by atoms with Crippen molar-refractivity contribution in [3.8, 4) is 22.6 Å². The Hall–Kier alpha value is -3.63. The van der Waals surface area contributed by atoms with Crippen LogP contribution in [0.1, 0.15) is 55.8 Å². The second-order valence-corrected chi connectivity index (χ2v) is 9.31. The van der Waals surface area contributed by atoms with Crippen LogP contribution >= 0.6 is 0 Å². The van der Waals surface area contributed by atoms with Crippen LogP contribution in [0.2, 0.25) is 0 Å². The van der Waals surface area contributed by atoms with Gasteiger partial charge in [-0.1, -0.05) is 51.2 Å². The molecule has 0 aromatic heterocycles. The second-order valence-electron chi connectivity index (χ2n) is 9.31. The molecule has 6 nitrogen and oxygen atoms in total. The number of carbonyl (C=O) groups excluding carboxylic acids is 2. The first-order valence-corrected chi connectivity index (χ1v) is 12.8. The molecule has 0 aliphatic carbocycles. The first-order chi connectivity index (χ1) is 20.2. The second kappa shape index (κ2) is 14.0. The molecule has 0 saturated heterocycles. The van der Waals surface area contributed by atoms with Crippen LogP contribution in [0.15, 0.2) is 42.5 Å². The summed E-state index contributed by atoms with van der Waals surface area (Å²) >= 11 is 0. The van der Waals surface area contributed by atoms with E-state index in [1.807, 2.05) is 0 Å². The highest BCUT2D eigenvalue weighted by Gasteiger charge is 2.80. The van der Waals surface area contributed by atoms with Crippen molar-refractivity contribution in [2.24, 2.45) is 0 Å². The van der Waals surface area contributed by atoms with Crippen molar-refractivity contribution in [1.29, 1.82) is 0 Å². The van der Waals surface area contributed by atoms with Gasteiger partial charge in [0.2, 0.25) is 0 Å². The zero-order valence-electron chi connectivity index (χ0n) is 22.6. The molecule has 0 N–H and O–H groups in total. The highest BCUT2D eigenvalue weighted by atomic mass is 19.4. The molecule has 0 bridgehead atoms. The van der Waals surface area contributed by atoms with Gasteiger partial charge in [0.1, 0.15) is 11.5 Å². The quantitative estimate of drug-likeness (QED) is 0.0863. The van der Waals surface area contributed by atoms with Crippen molar-refractivity contribution in [3.05, 3.63) is 48.0 Å². The van der Waals surface area contributed by atoms with Crippen molar-refractivity contribution in [2.45, 2.75) is 75.7 Å². The van der Waals surface area contributed by atoms with E-state index in [0.717, 1.165) is 50.3 Å². The molecular weight excluding hydrogens is 629 g/mol. The topological polar surface area (TPSA) is 84.9 Å². The Labute approximate surface area is 242 Å². The highest BCUT2D eigenvalue weighted by Crippen LogP contribution is 2.51. The molecule has 0 aliphatic rings. The maximum Gasteiger partial charge on any atom is 0.462 e. The van der Waals surface area contributed by atoms with Gasteiger partial charge >= 0.3 is 36.2 Å². The molecule has 0 amide bonds. The number of carbonyl (C=O) groups is 2. The van der Waals surface area contributed by atoms with Crippen molar-refractivity contribution < 1.29 is 77.2 Å². The third kappa shape index (κ3) is 8.51. The lowest BCUT2D eigenvalue weighted by Crippen LogP contribution is -2.62. The van der Waals surface area contributed by atoms with E-state index < -0.39 is 47.9 Å². The van der Waals surface area contributed by atoms with Gasteiger partial charge in [0, 0.05) is 5.56 Å². The first-order valence-electron chi connectivity index (χ1n) is 12.8. The SMILES string of the molecule is CCCCCCCCOc1ccc(C(=O)[O-])c(-c2ccc(OC(=O)C(F)(OC(F)(F)C(F)(F)C(F)(F)F)C(F)(F)F)cc2)c1. The molecular formula is C27H24F11O6-. The molecule has 2 aromatic carbocycles. The Kier molecular flexibility index (Phi) is 11.6. The number of carboxylic acid groups (broad SMARTS) is 1. The van der Waals surface area contributed by atoms with Gasteiger partial charge in [-0.25, -0.2) is 4.79 Å². The number of hydrogen-bond acceptors (Lipinski definition) is 6. The molecule has 2 rings (SSSR count). The van der Waals surface area contributed by atoms with Gasteiger partial charge in [-0.05, 0) is 47.9 Å². The monoisotopic (exact) mass is 653 g/mol. The lowest BCUT2D eigenvalue weighted by molar-refractivity contribution is -0.474. The van der Waals surface area contributed by atoms with Gasteiger partial charge in [-0.15, -0.1) is 0 Å². The minimum Gasteiger partial charge on any atom is -0.545 e. The zero-order chi connectivity index (χ0) is 33.6. The minimum atomic E-state index is -7.35. The summed E-state index contributed by atoms with van der Waals surface area (Å²) in [5, 5.41) is 11.6. The van der Waals surface area contributed by atoms with Gasteiger partial charge in [-0.2, -0.15) is 48.3 Å². The summed E-state index contributed by atoms with van der Waals surface area (Å²) in [7, 11) is 0. The number of unbranched alkanes of at least 4 members (excludes halogenated alkanes) is 5. The molecule has 0 aliphatic heterocycles. The number of carboxylic acids is 1. The molecule has 246 valence electrons. The lowest BCUT2D eigenvalue weighted by atomic mass is 9.99. The van der Waals surface area contributed by atoms with Crippen LogP contribution in [0, 0.1) is 0 Å². The van der Waals surface area contributed by atoms with Crippen molar-refractivity contribution >= 4 is 11.9 Å². The van der Waals surface area contributed by atoms with E-state index in [1.165, 1.54) is 12.1 Å². The highest BCUT2D eigenvalue weighted by molar-refractivity contribution is 5.95. The molecule has 0 spiro atoms. The number of benzene rings is 2. The molecule has 1 unspecified atom stereocenters. The third-order valence-corrected chi connectivity index (χ3v) is 5.97. The fraction of sp³-hybridized carbons (Fsp3) is 0.481. The largest absolute Gasteiger partial charge is 0.545 e. The number of rotatable bonds is 15. The number of halogens is 11. The summed E-state index contributed by atoms with van der Waals surface area (Å²) in [6, 6.07) is 6.81. The summed E-state index contributed by atoms with van der Waals surface area (Å²) in [6.45, 7) is 2.35. The van der Waals surface area contributed by atoms with Crippen molar-refractivity contribution in [3.63, 3.8) is 0 Å². The van der Waals surface area contributed by atoms with E-state index >= 15 is 0 Å². The summed E-state index contributed by atoms with van der Waals surface area (Å²) < 4.78 is 156. The average Bonchev–Trinajstić information content (AvgIpc) is 2.91. The van der Waals surface area contributed by atoms with Gasteiger partial charge in [0.25, 0.3) is 0 Å². The Morgan fingerprint density at radius 2 is 1.27 bits per heavy atom. The van der Waals surface area contributed by atoms with Gasteiger partial charge < -0.3 is 19.4 Å². The molecule has 0 radical (unpaired) electrons. The predicted octanol–water partition coefficient (Wildman–Crippen LogP) is 7.40. The van der Waals surface area contributed by atoms with E-state index in [0.29, 0.717) is 18.6 Å². The fourth-order valence-electron chi connectivity index (χ4n) is 3.60. The van der Waals surface area contributed by atoms with Crippen molar-refractivity contribution in [2.75, 3.05) is 6.61 Å². The average molecular weight is 653 g/mol. The summed E-state index contributed by atoms with van der Waals surface area (Å²) in [4.78, 5) is 23.5. The normalized spacial score (nSPS) is 14.2. The van der Waals surface area contributed by atoms with Crippen LogP contribution in [-0.4, -0.2) is 48.8 Å². The molecule has 44 heavy (non-hydrogen) atoms. The summed E-state index contributed by atoms with van der Waals surface area (Å²) in [6.07, 6.45) is -15.6. The van der Waals surface area contributed by atoms with Crippen LogP contribution in [-0.2, 0) is 9.53 Å². The first kappa shape index (κ1) is 36.6. The maximum atomic E-state index is 14.4. The summed E-state index contributed by atoms with van der Waals surface area (Å²) in [5.74, 6) is -19.8. The standard InChI is InChI=1S/C27H25F11O6/c1-2-3-4-5-6-7-14-42-18-12-13-19(21(39)40)20(15-18)16-8-10-17(11-9-16)43-22(41)23(28,25(31,32)33)44-27(37,38)24(29,30)26(34,35)36/h8-13,15H,2-7,14H2,1H3,(H,39,40)/p-1. The van der Waals surface area contributed by atoms with Crippen molar-refractivity contribution in [1.82, 2.24) is 0 Å². The Bertz CT molecular complexity index is 1280. The number of aromatic carboxylic acids is 1. The molecule has 2 aromatic rings. The lowest BCUT2D eigenvalue weighted by Gasteiger charge is -2.33. The van der Waals surface area contributed by atoms with Gasteiger partial charge in [-0.3, -0.25) is 4.74 Å². The number of ether oxygens (including phenoxy) is 3. The third-order valence-electron chi connectivity index (χ3n) is 5.97. The molecule has 0 fully saturated rings. The molecule has 0 heterocycles. The van der Waals surface area contributed by atoms with E-state index in [1.54, 1.807) is 0 Å². The Morgan fingerprint density at radius 1 is 0.727 bits per heavy atom.